The van der Waals surface area contributed by atoms with Crippen LogP contribution in [0, 0.1) is 6.92 Å². The van der Waals surface area contributed by atoms with Crippen molar-refractivity contribution in [3.05, 3.63) is 23.5 Å². The van der Waals surface area contributed by atoms with Crippen LogP contribution in [0.1, 0.15) is 31.9 Å². The summed E-state index contributed by atoms with van der Waals surface area (Å²) >= 11 is 0. The quantitative estimate of drug-likeness (QED) is 0.692. The van der Waals surface area contributed by atoms with Crippen molar-refractivity contribution in [1.82, 2.24) is 15.2 Å². The van der Waals surface area contributed by atoms with Crippen LogP contribution in [0.4, 0.5) is 0 Å². The Labute approximate surface area is 83.6 Å². The van der Waals surface area contributed by atoms with Crippen molar-refractivity contribution in [2.24, 2.45) is 0 Å². The molecule has 2 aromatic rings. The molecule has 0 unspecified atom stereocenters. The number of hydrogen-bond donors (Lipinski definition) is 1. The fraction of sp³-hybridized carbons (Fsp3) is 0.455. The topological polar surface area (TPSA) is 41.6 Å². The van der Waals surface area contributed by atoms with Gasteiger partial charge in [-0.2, -0.15) is 5.10 Å². The van der Waals surface area contributed by atoms with E-state index in [1.807, 2.05) is 12.4 Å². The number of hydrogen-bond acceptors (Lipinski definition) is 2. The van der Waals surface area contributed by atoms with Gasteiger partial charge in [0.1, 0.15) is 0 Å². The highest BCUT2D eigenvalue weighted by molar-refractivity contribution is 5.80. The van der Waals surface area contributed by atoms with Crippen LogP contribution >= 0.6 is 0 Å². The zero-order valence-corrected chi connectivity index (χ0v) is 9.05. The monoisotopic (exact) mass is 189 g/mol. The maximum absolute atomic E-state index is 4.30. The highest BCUT2D eigenvalue weighted by Gasteiger charge is 2.20. The van der Waals surface area contributed by atoms with E-state index in [2.05, 4.69) is 42.9 Å². The number of nitrogens with one attached hydrogen (secondary N) is 1. The highest BCUT2D eigenvalue weighted by atomic mass is 15.1. The minimum Gasteiger partial charge on any atom is -0.261 e. The lowest BCUT2D eigenvalue weighted by Crippen LogP contribution is -2.13. The van der Waals surface area contributed by atoms with Crippen LogP contribution in [0.25, 0.3) is 11.0 Å². The normalized spacial score (nSPS) is 12.3. The third-order valence-corrected chi connectivity index (χ3v) is 2.42. The van der Waals surface area contributed by atoms with Crippen molar-refractivity contribution < 1.29 is 0 Å². The van der Waals surface area contributed by atoms with E-state index in [4.69, 9.17) is 0 Å². The number of H-pyrrole nitrogens is 1. The van der Waals surface area contributed by atoms with E-state index in [9.17, 15) is 0 Å². The van der Waals surface area contributed by atoms with Crippen molar-refractivity contribution in [2.45, 2.75) is 33.1 Å². The van der Waals surface area contributed by atoms with Gasteiger partial charge in [0.15, 0.2) is 5.65 Å². The van der Waals surface area contributed by atoms with Crippen LogP contribution in [0.2, 0.25) is 0 Å². The number of fused-ring (bicyclic) bond motifs is 1. The lowest BCUT2D eigenvalue weighted by molar-refractivity contribution is 0.591. The molecule has 2 aromatic heterocycles. The number of rotatable bonds is 0. The first-order valence-corrected chi connectivity index (χ1v) is 4.79. The van der Waals surface area contributed by atoms with Crippen LogP contribution in [0.5, 0.6) is 0 Å². The van der Waals surface area contributed by atoms with Crippen LogP contribution in [-0.4, -0.2) is 15.2 Å². The molecule has 0 bridgehead atoms. The summed E-state index contributed by atoms with van der Waals surface area (Å²) in [7, 11) is 0. The maximum atomic E-state index is 4.30. The molecule has 0 spiro atoms. The Morgan fingerprint density at radius 3 is 2.57 bits per heavy atom. The number of aromatic amines is 1. The van der Waals surface area contributed by atoms with Gasteiger partial charge in [-0.15, -0.1) is 0 Å². The molecule has 0 atom stereocenters. The first kappa shape index (κ1) is 9.19. The second-order valence-corrected chi connectivity index (χ2v) is 4.70. The van der Waals surface area contributed by atoms with Gasteiger partial charge in [-0.3, -0.25) is 5.10 Å². The molecule has 0 aliphatic carbocycles. The first-order chi connectivity index (χ1) is 6.50. The van der Waals surface area contributed by atoms with Gasteiger partial charge in [-0.05, 0) is 23.5 Å². The molecule has 0 fully saturated rings. The van der Waals surface area contributed by atoms with E-state index in [1.165, 1.54) is 11.1 Å². The van der Waals surface area contributed by atoms with Gasteiger partial charge >= 0.3 is 0 Å². The van der Waals surface area contributed by atoms with Crippen LogP contribution in [-0.2, 0) is 5.41 Å². The van der Waals surface area contributed by atoms with Crippen LogP contribution < -0.4 is 0 Å². The molecule has 2 rings (SSSR count). The zero-order chi connectivity index (χ0) is 10.3. The van der Waals surface area contributed by atoms with Crippen molar-refractivity contribution in [3.8, 4) is 0 Å². The zero-order valence-electron chi connectivity index (χ0n) is 9.05. The molecule has 3 nitrogen and oxygen atoms in total. The van der Waals surface area contributed by atoms with Gasteiger partial charge in [0.25, 0.3) is 0 Å². The van der Waals surface area contributed by atoms with Crippen molar-refractivity contribution in [3.63, 3.8) is 0 Å². The predicted molar refractivity (Wildman–Crippen MR) is 57.3 cm³/mol. The third-order valence-electron chi connectivity index (χ3n) is 2.42. The molecular weight excluding hydrogens is 174 g/mol. The van der Waals surface area contributed by atoms with Gasteiger partial charge in [0, 0.05) is 11.6 Å². The van der Waals surface area contributed by atoms with E-state index in [-0.39, 0.29) is 5.41 Å². The van der Waals surface area contributed by atoms with Gasteiger partial charge in [-0.1, -0.05) is 20.8 Å². The Balaban J connectivity index is 2.83. The summed E-state index contributed by atoms with van der Waals surface area (Å²) in [6.45, 7) is 8.73. The molecule has 0 radical (unpaired) electrons. The summed E-state index contributed by atoms with van der Waals surface area (Å²) in [6.07, 6.45) is 3.76. The molecule has 14 heavy (non-hydrogen) atoms. The minimum atomic E-state index is 0.134. The Kier molecular flexibility index (Phi) is 1.84. The summed E-state index contributed by atoms with van der Waals surface area (Å²) < 4.78 is 0. The average molecular weight is 189 g/mol. The van der Waals surface area contributed by atoms with Crippen LogP contribution in [0.3, 0.4) is 0 Å². The fourth-order valence-electron chi connectivity index (χ4n) is 1.99. The van der Waals surface area contributed by atoms with Crippen molar-refractivity contribution in [2.75, 3.05) is 0 Å². The molecule has 3 heteroatoms. The summed E-state index contributed by atoms with van der Waals surface area (Å²) in [5.74, 6) is 0. The molecule has 0 saturated heterocycles. The summed E-state index contributed by atoms with van der Waals surface area (Å²) in [5.41, 5.74) is 3.57. The average Bonchev–Trinajstić information content (AvgIpc) is 2.48. The molecule has 0 aliphatic heterocycles. The van der Waals surface area contributed by atoms with Gasteiger partial charge in [0.05, 0.1) is 6.20 Å². The molecule has 0 amide bonds. The largest absolute Gasteiger partial charge is 0.261 e. The standard InChI is InChI=1S/C11H15N3/c1-7-5-12-10-8(6-13-14-10)9(7)11(2,3)4/h5-6H,1-4H3,(H,12,13,14). The second-order valence-electron chi connectivity index (χ2n) is 4.70. The van der Waals surface area contributed by atoms with Crippen molar-refractivity contribution >= 4 is 11.0 Å². The molecule has 1 N–H and O–H groups in total. The molecule has 0 saturated carbocycles. The van der Waals surface area contributed by atoms with E-state index < -0.39 is 0 Å². The lowest BCUT2D eigenvalue weighted by Gasteiger charge is -2.21. The molecule has 0 aromatic carbocycles. The van der Waals surface area contributed by atoms with E-state index in [0.717, 1.165) is 11.0 Å². The predicted octanol–water partition coefficient (Wildman–Crippen LogP) is 2.56. The Hall–Kier alpha value is -1.38. The Morgan fingerprint density at radius 2 is 1.93 bits per heavy atom. The Morgan fingerprint density at radius 1 is 1.21 bits per heavy atom. The maximum Gasteiger partial charge on any atom is 0.155 e. The van der Waals surface area contributed by atoms with E-state index in [1.54, 1.807) is 0 Å². The number of aromatic nitrogens is 3. The highest BCUT2D eigenvalue weighted by Crippen LogP contribution is 2.30. The first-order valence-electron chi connectivity index (χ1n) is 4.79. The minimum absolute atomic E-state index is 0.134. The molecule has 0 aliphatic rings. The molecule has 2 heterocycles. The third kappa shape index (κ3) is 1.29. The van der Waals surface area contributed by atoms with E-state index in [0.29, 0.717) is 0 Å². The summed E-state index contributed by atoms with van der Waals surface area (Å²) in [5, 5.41) is 8.06. The van der Waals surface area contributed by atoms with Crippen LogP contribution in [0.15, 0.2) is 12.4 Å². The molecule has 74 valence electrons. The molecular formula is C11H15N3. The fourth-order valence-corrected chi connectivity index (χ4v) is 1.99. The number of aryl methyl sites for hydroxylation is 1. The number of nitrogens with zero attached hydrogens (tertiary/aromatic N) is 2. The SMILES string of the molecule is Cc1cnc2[nH]ncc2c1C(C)(C)C. The van der Waals surface area contributed by atoms with Gasteiger partial charge in [-0.25, -0.2) is 4.98 Å². The smallest absolute Gasteiger partial charge is 0.155 e. The lowest BCUT2D eigenvalue weighted by atomic mass is 9.83. The van der Waals surface area contributed by atoms with Crippen molar-refractivity contribution in [1.29, 1.82) is 0 Å². The Bertz CT molecular complexity index is 463. The van der Waals surface area contributed by atoms with E-state index >= 15 is 0 Å². The summed E-state index contributed by atoms with van der Waals surface area (Å²) in [6, 6.07) is 0. The summed E-state index contributed by atoms with van der Waals surface area (Å²) in [4.78, 5) is 4.30. The van der Waals surface area contributed by atoms with Gasteiger partial charge in [0.2, 0.25) is 0 Å². The second kappa shape index (κ2) is 2.80. The van der Waals surface area contributed by atoms with Gasteiger partial charge < -0.3 is 0 Å². The number of pyridine rings is 1.